The molecule has 0 aromatic rings. The Hall–Kier alpha value is -3.96. The molecule has 12 nitrogen and oxygen atoms in total. The largest absolute Gasteiger partial charge is 0.352 e. The Kier molecular flexibility index (Phi) is 13.9. The number of urea groups is 1. The number of imide groups is 1. The van der Waals surface area contributed by atoms with E-state index in [1.807, 2.05) is 12.2 Å². The van der Waals surface area contributed by atoms with Gasteiger partial charge in [0.25, 0.3) is 11.8 Å². The third-order valence-corrected chi connectivity index (χ3v) is 7.43. The van der Waals surface area contributed by atoms with Gasteiger partial charge in [-0.3, -0.25) is 28.9 Å². The van der Waals surface area contributed by atoms with E-state index in [0.29, 0.717) is 43.8 Å². The normalized spacial score (nSPS) is 19.4. The smallest absolute Gasteiger partial charge is 0.312 e. The lowest BCUT2D eigenvalue weighted by molar-refractivity contribution is -0.137. The van der Waals surface area contributed by atoms with E-state index in [4.69, 9.17) is 5.73 Å². The van der Waals surface area contributed by atoms with Crippen molar-refractivity contribution >= 4 is 35.6 Å². The van der Waals surface area contributed by atoms with Crippen molar-refractivity contribution in [3.8, 4) is 0 Å². The van der Waals surface area contributed by atoms with Gasteiger partial charge in [-0.1, -0.05) is 46.3 Å². The van der Waals surface area contributed by atoms with Crippen LogP contribution in [0.2, 0.25) is 0 Å². The van der Waals surface area contributed by atoms with Crippen LogP contribution in [0, 0.1) is 17.8 Å². The number of hydrogen-bond acceptors (Lipinski definition) is 6. The van der Waals surface area contributed by atoms with Crippen LogP contribution < -0.4 is 27.0 Å². The van der Waals surface area contributed by atoms with Crippen LogP contribution in [0.4, 0.5) is 4.79 Å². The highest BCUT2D eigenvalue weighted by Gasteiger charge is 2.29. The Morgan fingerprint density at radius 2 is 1.64 bits per heavy atom. The molecule has 2 rings (SSSR count). The molecule has 232 valence electrons. The Balaban J connectivity index is 1.93. The van der Waals surface area contributed by atoms with Gasteiger partial charge in [-0.2, -0.15) is 0 Å². The van der Waals surface area contributed by atoms with Crippen molar-refractivity contribution in [3.05, 3.63) is 36.1 Å². The predicted octanol–water partition coefficient (Wildman–Crippen LogP) is 1.78. The first-order valence-electron chi connectivity index (χ1n) is 14.8. The Morgan fingerprint density at radius 3 is 2.24 bits per heavy atom. The highest BCUT2D eigenvalue weighted by molar-refractivity contribution is 6.12. The number of carbonyl (C=O) groups excluding carboxylic acids is 6. The molecule has 0 saturated heterocycles. The van der Waals surface area contributed by atoms with Crippen molar-refractivity contribution in [3.63, 3.8) is 0 Å². The van der Waals surface area contributed by atoms with Crippen LogP contribution >= 0.6 is 0 Å². The topological polar surface area (TPSA) is 180 Å². The summed E-state index contributed by atoms with van der Waals surface area (Å²) in [5.41, 5.74) is 5.80. The van der Waals surface area contributed by atoms with Gasteiger partial charge in [-0.15, -0.1) is 0 Å². The van der Waals surface area contributed by atoms with E-state index in [0.717, 1.165) is 6.42 Å². The minimum absolute atomic E-state index is 0.177. The lowest BCUT2D eigenvalue weighted by atomic mass is 9.87. The lowest BCUT2D eigenvalue weighted by Crippen LogP contribution is -2.55. The van der Waals surface area contributed by atoms with Gasteiger partial charge in [0.2, 0.25) is 17.7 Å². The van der Waals surface area contributed by atoms with Crippen LogP contribution in [0.25, 0.3) is 0 Å². The third kappa shape index (κ3) is 11.1. The van der Waals surface area contributed by atoms with Crippen molar-refractivity contribution in [1.29, 1.82) is 0 Å². The first-order chi connectivity index (χ1) is 19.9. The highest BCUT2D eigenvalue weighted by Crippen LogP contribution is 2.24. The third-order valence-electron chi connectivity index (χ3n) is 7.43. The summed E-state index contributed by atoms with van der Waals surface area (Å²) in [6, 6.07) is -2.43. The standard InChI is InChI=1S/C30H46N6O6/c1-5-21-12-13-22(18-20(21)4)33-28(40)23(10-9-16-32-30(31)42)34-29(41)27(19(2)3)35-24(37)11-7-6-8-17-36-25(38)14-15-26(36)39/h12-15,18-21,23,27H,5-11,16-17H2,1-4H3,(H,33,40)(H,34,41)(H,35,37)(H3,31,32,42)/t20?,21?,23-,27-/m0/s1. The summed E-state index contributed by atoms with van der Waals surface area (Å²) in [6.07, 6.45) is 12.0. The minimum atomic E-state index is -0.899. The predicted molar refractivity (Wildman–Crippen MR) is 158 cm³/mol. The first-order valence-corrected chi connectivity index (χ1v) is 14.8. The van der Waals surface area contributed by atoms with Gasteiger partial charge in [-0.05, 0) is 55.9 Å². The van der Waals surface area contributed by atoms with Crippen LogP contribution in [-0.4, -0.2) is 65.6 Å². The molecule has 1 aliphatic heterocycles. The van der Waals surface area contributed by atoms with Crippen molar-refractivity contribution in [2.75, 3.05) is 13.1 Å². The van der Waals surface area contributed by atoms with E-state index in [2.05, 4.69) is 41.2 Å². The summed E-state index contributed by atoms with van der Waals surface area (Å²) in [4.78, 5) is 74.6. The van der Waals surface area contributed by atoms with E-state index in [1.165, 1.54) is 17.1 Å². The monoisotopic (exact) mass is 586 g/mol. The van der Waals surface area contributed by atoms with E-state index in [-0.39, 0.29) is 54.9 Å². The Labute approximate surface area is 248 Å². The summed E-state index contributed by atoms with van der Waals surface area (Å²) >= 11 is 0. The second-order valence-corrected chi connectivity index (χ2v) is 11.2. The molecule has 1 heterocycles. The van der Waals surface area contributed by atoms with Crippen molar-refractivity contribution in [1.82, 2.24) is 26.2 Å². The quantitative estimate of drug-likeness (QED) is 0.128. The van der Waals surface area contributed by atoms with Crippen molar-refractivity contribution in [2.24, 2.45) is 23.5 Å². The molecule has 42 heavy (non-hydrogen) atoms. The number of nitrogens with zero attached hydrogens (tertiary/aromatic N) is 1. The number of nitrogens with two attached hydrogens (primary N) is 1. The van der Waals surface area contributed by atoms with E-state index >= 15 is 0 Å². The molecule has 7 amide bonds. The first kappa shape index (κ1) is 34.2. The van der Waals surface area contributed by atoms with Crippen LogP contribution in [0.1, 0.15) is 72.6 Å². The van der Waals surface area contributed by atoms with E-state index in [9.17, 15) is 28.8 Å². The number of unbranched alkanes of at least 4 members (excludes halogenated alkanes) is 2. The molecular formula is C30H46N6O6. The summed E-state index contributed by atoms with van der Waals surface area (Å²) < 4.78 is 0. The van der Waals surface area contributed by atoms with Gasteiger partial charge in [0.05, 0.1) is 0 Å². The number of primary amides is 1. The molecular weight excluding hydrogens is 540 g/mol. The zero-order valence-electron chi connectivity index (χ0n) is 25.1. The van der Waals surface area contributed by atoms with Gasteiger partial charge in [-0.25, -0.2) is 4.79 Å². The van der Waals surface area contributed by atoms with Gasteiger partial charge in [0.1, 0.15) is 12.1 Å². The molecule has 0 fully saturated rings. The molecule has 0 aromatic carbocycles. The number of hydrogen-bond donors (Lipinski definition) is 5. The minimum Gasteiger partial charge on any atom is -0.352 e. The summed E-state index contributed by atoms with van der Waals surface area (Å²) in [7, 11) is 0. The maximum absolute atomic E-state index is 13.3. The van der Waals surface area contributed by atoms with Gasteiger partial charge in [0, 0.05) is 37.4 Å². The van der Waals surface area contributed by atoms with Crippen LogP contribution in [0.15, 0.2) is 36.1 Å². The molecule has 12 heteroatoms. The maximum atomic E-state index is 13.3. The number of allylic oxidation sites excluding steroid dienone is 3. The van der Waals surface area contributed by atoms with Crippen LogP contribution in [0.5, 0.6) is 0 Å². The zero-order valence-corrected chi connectivity index (χ0v) is 25.1. The van der Waals surface area contributed by atoms with Crippen molar-refractivity contribution < 1.29 is 28.8 Å². The van der Waals surface area contributed by atoms with E-state index < -0.39 is 24.0 Å². The van der Waals surface area contributed by atoms with Gasteiger partial charge in [0.15, 0.2) is 0 Å². The van der Waals surface area contributed by atoms with E-state index in [1.54, 1.807) is 13.8 Å². The molecule has 2 aliphatic rings. The highest BCUT2D eigenvalue weighted by atomic mass is 16.2. The maximum Gasteiger partial charge on any atom is 0.312 e. The van der Waals surface area contributed by atoms with Gasteiger partial charge < -0.3 is 27.0 Å². The van der Waals surface area contributed by atoms with Gasteiger partial charge >= 0.3 is 6.03 Å². The summed E-state index contributed by atoms with van der Waals surface area (Å²) in [5.74, 6) is -1.42. The number of carbonyl (C=O) groups is 6. The fraction of sp³-hybridized carbons (Fsp3) is 0.600. The van der Waals surface area contributed by atoms with Crippen molar-refractivity contribution in [2.45, 2.75) is 84.7 Å². The average molecular weight is 587 g/mol. The molecule has 0 aromatic heterocycles. The molecule has 4 atom stereocenters. The molecule has 0 bridgehead atoms. The summed E-state index contributed by atoms with van der Waals surface area (Å²) in [5, 5.41) is 11.0. The lowest BCUT2D eigenvalue weighted by Gasteiger charge is -2.26. The second-order valence-electron chi connectivity index (χ2n) is 11.2. The Morgan fingerprint density at radius 1 is 0.952 bits per heavy atom. The zero-order chi connectivity index (χ0) is 31.2. The van der Waals surface area contributed by atoms with Crippen LogP contribution in [-0.2, 0) is 24.0 Å². The summed E-state index contributed by atoms with van der Waals surface area (Å²) in [6.45, 7) is 8.34. The number of amides is 7. The van der Waals surface area contributed by atoms with Crippen LogP contribution in [0.3, 0.4) is 0 Å². The average Bonchev–Trinajstić information content (AvgIpc) is 3.25. The SMILES string of the molecule is CCC1C=CC(NC(=O)[C@H](CCCNC(N)=O)NC(=O)[C@@H](NC(=O)CCCCCN2C(=O)C=CC2=O)C(C)C)=CC1C. The molecule has 0 radical (unpaired) electrons. The second kappa shape index (κ2) is 17.1. The Bertz CT molecular complexity index is 1080. The molecule has 6 N–H and O–H groups in total. The molecule has 0 spiro atoms. The molecule has 2 unspecified atom stereocenters. The molecule has 0 saturated carbocycles. The number of nitrogens with one attached hydrogen (secondary N) is 4. The fourth-order valence-corrected chi connectivity index (χ4v) is 4.90. The molecule has 1 aliphatic carbocycles. The number of rotatable bonds is 17. The fourth-order valence-electron chi connectivity index (χ4n) is 4.90.